The number of hydrogen-bond acceptors (Lipinski definition) is 10. The molecule has 0 atom stereocenters. The van der Waals surface area contributed by atoms with E-state index in [9.17, 15) is 4.79 Å². The van der Waals surface area contributed by atoms with Crippen LogP contribution in [0.5, 0.6) is 0 Å². The fourth-order valence-corrected chi connectivity index (χ4v) is 3.53. The molecular weight excluding hydrogens is 378 g/mol. The summed E-state index contributed by atoms with van der Waals surface area (Å²) in [5, 5.41) is 19.9. The molecular formula is C17H25N9O3. The molecule has 2 aromatic heterocycles. The smallest absolute Gasteiger partial charge is 0.293 e. The maximum atomic E-state index is 12.8. The van der Waals surface area contributed by atoms with Crippen LogP contribution in [0.3, 0.4) is 0 Å². The Labute approximate surface area is 167 Å². The molecule has 2 fully saturated rings. The van der Waals surface area contributed by atoms with Crippen LogP contribution in [0.1, 0.15) is 54.7 Å². The Morgan fingerprint density at radius 3 is 2.59 bits per heavy atom. The van der Waals surface area contributed by atoms with Gasteiger partial charge in [0.05, 0.1) is 18.9 Å². The molecule has 0 radical (unpaired) electrons. The van der Waals surface area contributed by atoms with Crippen LogP contribution in [0.4, 0.5) is 5.82 Å². The van der Waals surface area contributed by atoms with Gasteiger partial charge in [0, 0.05) is 25.3 Å². The Morgan fingerprint density at radius 2 is 1.90 bits per heavy atom. The summed E-state index contributed by atoms with van der Waals surface area (Å²) in [6.07, 6.45) is 6.44. The topological polar surface area (TPSA) is 150 Å². The molecule has 3 heterocycles. The SMILES string of the molecule is Nc1nonc1-n1nnc(C(=O)NN=C2CCCCCC2)c1CN1CCOCC1. The summed E-state index contributed by atoms with van der Waals surface area (Å²) < 4.78 is 11.5. The fourth-order valence-electron chi connectivity index (χ4n) is 3.53. The lowest BCUT2D eigenvalue weighted by Crippen LogP contribution is -2.37. The van der Waals surface area contributed by atoms with Gasteiger partial charge >= 0.3 is 0 Å². The van der Waals surface area contributed by atoms with Crippen LogP contribution >= 0.6 is 0 Å². The fraction of sp³-hybridized carbons (Fsp3) is 0.647. The van der Waals surface area contributed by atoms with Gasteiger partial charge in [-0.25, -0.2) is 10.1 Å². The summed E-state index contributed by atoms with van der Waals surface area (Å²) in [7, 11) is 0. The molecule has 1 aliphatic carbocycles. The number of nitrogens with two attached hydrogens (primary N) is 1. The summed E-state index contributed by atoms with van der Waals surface area (Å²) in [4.78, 5) is 15.0. The number of nitrogen functional groups attached to an aromatic ring is 1. The zero-order valence-corrected chi connectivity index (χ0v) is 16.2. The van der Waals surface area contributed by atoms with Crippen LogP contribution in [-0.2, 0) is 11.3 Å². The number of nitrogens with zero attached hydrogens (tertiary/aromatic N) is 7. The lowest BCUT2D eigenvalue weighted by molar-refractivity contribution is 0.0332. The number of nitrogens with one attached hydrogen (secondary N) is 1. The standard InChI is InChI=1S/C17H25N9O3/c18-15-16(23-29-22-15)26-13(11-25-7-9-28-10-8-25)14(20-24-26)17(27)21-19-12-5-3-1-2-4-6-12/h1-11H2,(H2,18,22)(H,21,27). The van der Waals surface area contributed by atoms with Gasteiger partial charge in [-0.3, -0.25) is 9.69 Å². The molecule has 3 N–H and O–H groups in total. The molecule has 12 heteroatoms. The number of amides is 1. The van der Waals surface area contributed by atoms with Crippen LogP contribution < -0.4 is 11.2 Å². The van der Waals surface area contributed by atoms with E-state index >= 15 is 0 Å². The molecule has 1 saturated carbocycles. The Hall–Kier alpha value is -2.86. The Kier molecular flexibility index (Phi) is 6.10. The molecule has 2 aromatic rings. The van der Waals surface area contributed by atoms with Gasteiger partial charge < -0.3 is 10.5 Å². The average Bonchev–Trinajstić information content (AvgIpc) is 3.24. The van der Waals surface area contributed by atoms with E-state index in [2.05, 4.69) is 40.7 Å². The second kappa shape index (κ2) is 9.09. The van der Waals surface area contributed by atoms with Crippen molar-refractivity contribution < 1.29 is 14.2 Å². The summed E-state index contributed by atoms with van der Waals surface area (Å²) in [6, 6.07) is 0. The molecule has 0 unspecified atom stereocenters. The third kappa shape index (κ3) is 4.59. The van der Waals surface area contributed by atoms with Crippen molar-refractivity contribution in [3.8, 4) is 5.82 Å². The minimum absolute atomic E-state index is 0.0729. The normalized spacial score (nSPS) is 18.4. The predicted molar refractivity (Wildman–Crippen MR) is 102 cm³/mol. The third-order valence-corrected chi connectivity index (χ3v) is 5.15. The van der Waals surface area contributed by atoms with Crippen LogP contribution in [0.2, 0.25) is 0 Å². The van der Waals surface area contributed by atoms with E-state index in [1.54, 1.807) is 0 Å². The molecule has 0 bridgehead atoms. The Bertz CT molecular complexity index is 859. The van der Waals surface area contributed by atoms with Gasteiger partial charge in [-0.2, -0.15) is 9.78 Å². The first kappa shape index (κ1) is 19.5. The molecule has 12 nitrogen and oxygen atoms in total. The van der Waals surface area contributed by atoms with Gasteiger partial charge in [0.1, 0.15) is 0 Å². The van der Waals surface area contributed by atoms with Gasteiger partial charge in [0.25, 0.3) is 5.91 Å². The second-order valence-corrected chi connectivity index (χ2v) is 7.19. The van der Waals surface area contributed by atoms with Crippen LogP contribution in [0.15, 0.2) is 9.73 Å². The zero-order valence-electron chi connectivity index (χ0n) is 16.2. The van der Waals surface area contributed by atoms with E-state index in [0.717, 1.165) is 44.5 Å². The summed E-state index contributed by atoms with van der Waals surface area (Å²) in [5.74, 6) is -0.134. The van der Waals surface area contributed by atoms with Crippen molar-refractivity contribution in [2.45, 2.75) is 45.1 Å². The minimum Gasteiger partial charge on any atom is -0.379 e. The van der Waals surface area contributed by atoms with Crippen molar-refractivity contribution >= 4 is 17.4 Å². The summed E-state index contributed by atoms with van der Waals surface area (Å²) in [5.41, 5.74) is 10.2. The van der Waals surface area contributed by atoms with E-state index in [4.69, 9.17) is 10.5 Å². The monoisotopic (exact) mass is 403 g/mol. The number of rotatable bonds is 5. The van der Waals surface area contributed by atoms with E-state index in [1.807, 2.05) is 0 Å². The largest absolute Gasteiger partial charge is 0.379 e. The van der Waals surface area contributed by atoms with Gasteiger partial charge in [0.2, 0.25) is 11.6 Å². The number of ether oxygens (including phenoxy) is 1. The molecule has 0 spiro atoms. The zero-order chi connectivity index (χ0) is 20.1. The molecule has 1 saturated heterocycles. The second-order valence-electron chi connectivity index (χ2n) is 7.19. The third-order valence-electron chi connectivity index (χ3n) is 5.15. The van der Waals surface area contributed by atoms with Gasteiger partial charge in [0.15, 0.2) is 5.69 Å². The molecule has 4 rings (SSSR count). The number of hydrogen-bond donors (Lipinski definition) is 2. The van der Waals surface area contributed by atoms with Crippen LogP contribution in [0.25, 0.3) is 5.82 Å². The molecule has 1 amide bonds. The van der Waals surface area contributed by atoms with E-state index in [-0.39, 0.29) is 17.3 Å². The number of anilines is 1. The average molecular weight is 403 g/mol. The number of hydrazone groups is 1. The van der Waals surface area contributed by atoms with E-state index in [0.29, 0.717) is 25.5 Å². The van der Waals surface area contributed by atoms with Crippen molar-refractivity contribution in [2.75, 3.05) is 32.0 Å². The van der Waals surface area contributed by atoms with E-state index < -0.39 is 5.91 Å². The van der Waals surface area contributed by atoms with Crippen molar-refractivity contribution in [1.82, 2.24) is 35.6 Å². The summed E-state index contributed by atoms with van der Waals surface area (Å²) in [6.45, 7) is 3.17. The van der Waals surface area contributed by atoms with E-state index in [1.165, 1.54) is 17.5 Å². The minimum atomic E-state index is -0.411. The van der Waals surface area contributed by atoms with Gasteiger partial charge in [-0.15, -0.1) is 5.10 Å². The van der Waals surface area contributed by atoms with Crippen molar-refractivity contribution in [3.05, 3.63) is 11.4 Å². The van der Waals surface area contributed by atoms with Crippen molar-refractivity contribution in [2.24, 2.45) is 5.10 Å². The highest BCUT2D eigenvalue weighted by molar-refractivity contribution is 5.94. The first-order valence-corrected chi connectivity index (χ1v) is 9.91. The maximum absolute atomic E-state index is 12.8. The molecule has 1 aliphatic heterocycles. The molecule has 0 aromatic carbocycles. The molecule has 2 aliphatic rings. The highest BCUT2D eigenvalue weighted by atomic mass is 16.6. The van der Waals surface area contributed by atoms with Gasteiger partial charge in [-0.05, 0) is 36.0 Å². The highest BCUT2D eigenvalue weighted by Crippen LogP contribution is 2.18. The van der Waals surface area contributed by atoms with Crippen molar-refractivity contribution in [1.29, 1.82) is 0 Å². The first-order chi connectivity index (χ1) is 14.2. The number of morpholine rings is 1. The maximum Gasteiger partial charge on any atom is 0.293 e. The first-order valence-electron chi connectivity index (χ1n) is 9.91. The lowest BCUT2D eigenvalue weighted by Gasteiger charge is -2.26. The Morgan fingerprint density at radius 1 is 1.14 bits per heavy atom. The Balaban J connectivity index is 1.58. The highest BCUT2D eigenvalue weighted by Gasteiger charge is 2.26. The predicted octanol–water partition coefficient (Wildman–Crippen LogP) is 0.505. The van der Waals surface area contributed by atoms with Crippen LogP contribution in [-0.4, -0.2) is 68.1 Å². The lowest BCUT2D eigenvalue weighted by atomic mass is 10.2. The summed E-state index contributed by atoms with van der Waals surface area (Å²) >= 11 is 0. The quantitative estimate of drug-likeness (QED) is 0.537. The number of carbonyl (C=O) groups excluding carboxylic acids is 1. The number of carbonyl (C=O) groups is 1. The van der Waals surface area contributed by atoms with Crippen LogP contribution in [0, 0.1) is 0 Å². The van der Waals surface area contributed by atoms with Crippen molar-refractivity contribution in [3.63, 3.8) is 0 Å². The molecule has 29 heavy (non-hydrogen) atoms. The number of aromatic nitrogens is 5. The van der Waals surface area contributed by atoms with Gasteiger partial charge in [-0.1, -0.05) is 18.1 Å². The molecule has 156 valence electrons.